The molecule has 1 N–H and O–H groups in total. The lowest BCUT2D eigenvalue weighted by Gasteiger charge is -2.11. The number of hydrogen-bond acceptors (Lipinski definition) is 4. The maximum absolute atomic E-state index is 10.6. The van der Waals surface area contributed by atoms with Gasteiger partial charge in [-0.25, -0.2) is 0 Å². The molecule has 2 heterocycles. The quantitative estimate of drug-likeness (QED) is 0.347. The summed E-state index contributed by atoms with van der Waals surface area (Å²) in [5, 5.41) is 14.4. The predicted molar refractivity (Wildman–Crippen MR) is 101 cm³/mol. The van der Waals surface area contributed by atoms with Gasteiger partial charge in [0.15, 0.2) is 35.4 Å². The number of ether oxygens (including phenoxy) is 3. The lowest BCUT2D eigenvalue weighted by atomic mass is 10.0. The zero-order valence-electron chi connectivity index (χ0n) is 15.2. The third-order valence-electron chi connectivity index (χ3n) is 4.80. The van der Waals surface area contributed by atoms with Crippen molar-refractivity contribution in [1.29, 1.82) is 0 Å². The second kappa shape index (κ2) is 5.95. The van der Waals surface area contributed by atoms with Crippen LogP contribution < -0.4 is 18.6 Å². The van der Waals surface area contributed by atoms with Crippen LogP contribution in [0.3, 0.4) is 0 Å². The smallest absolute Gasteiger partial charge is 0.219 e. The molecule has 132 valence electrons. The molecule has 2 aromatic carbocycles. The zero-order valence-corrected chi connectivity index (χ0v) is 15.2. The molecule has 0 unspecified atom stereocenters. The number of nitrogens with zero attached hydrogens (tertiary/aromatic N) is 1. The Bertz CT molecular complexity index is 1170. The van der Waals surface area contributed by atoms with Crippen LogP contribution in [0.15, 0.2) is 42.7 Å². The van der Waals surface area contributed by atoms with Crippen molar-refractivity contribution in [3.63, 3.8) is 0 Å². The molecule has 5 nitrogen and oxygen atoms in total. The van der Waals surface area contributed by atoms with Gasteiger partial charge in [0.05, 0.1) is 32.1 Å². The molecule has 4 aromatic rings. The fourth-order valence-corrected chi connectivity index (χ4v) is 3.52. The van der Waals surface area contributed by atoms with E-state index in [1.165, 1.54) is 0 Å². The van der Waals surface area contributed by atoms with Crippen LogP contribution in [0.2, 0.25) is 0 Å². The monoisotopic (exact) mass is 350 g/mol. The molecule has 26 heavy (non-hydrogen) atoms. The van der Waals surface area contributed by atoms with E-state index in [0.29, 0.717) is 17.2 Å². The van der Waals surface area contributed by atoms with E-state index < -0.39 is 0 Å². The minimum Gasteiger partial charge on any atom is -0.504 e. The van der Waals surface area contributed by atoms with E-state index in [-0.39, 0.29) is 5.75 Å². The second-order valence-electron chi connectivity index (χ2n) is 6.25. The molecule has 0 amide bonds. The van der Waals surface area contributed by atoms with Gasteiger partial charge in [0.25, 0.3) is 0 Å². The van der Waals surface area contributed by atoms with Crippen LogP contribution in [-0.4, -0.2) is 26.4 Å². The fraction of sp³-hybridized carbons (Fsp3) is 0.190. The standard InChI is InChI=1S/C21H19NO4/c1-12-7-14-8-17-15-10-19(25-3)18(24-2)9-13(15)5-6-22(17)11-16(14)20(23)21(12)26-4/h5-11H,1-4H3/p+1. The number of phenols is 1. The van der Waals surface area contributed by atoms with Gasteiger partial charge in [-0.3, -0.25) is 0 Å². The summed E-state index contributed by atoms with van der Waals surface area (Å²) < 4.78 is 18.2. The number of rotatable bonds is 3. The Morgan fingerprint density at radius 1 is 0.846 bits per heavy atom. The number of fused-ring (bicyclic) bond motifs is 4. The Morgan fingerprint density at radius 2 is 1.58 bits per heavy atom. The largest absolute Gasteiger partial charge is 0.504 e. The molecule has 0 fully saturated rings. The summed E-state index contributed by atoms with van der Waals surface area (Å²) in [5.74, 6) is 2.04. The van der Waals surface area contributed by atoms with Gasteiger partial charge in [-0.2, -0.15) is 4.40 Å². The third kappa shape index (κ3) is 2.28. The zero-order chi connectivity index (χ0) is 18.4. The van der Waals surface area contributed by atoms with Crippen LogP contribution in [0.1, 0.15) is 5.56 Å². The summed E-state index contributed by atoms with van der Waals surface area (Å²) in [6.45, 7) is 1.92. The Kier molecular flexibility index (Phi) is 3.72. The molecule has 0 saturated carbocycles. The molecular weight excluding hydrogens is 330 g/mol. The topological polar surface area (TPSA) is 52.0 Å². The number of aromatic nitrogens is 1. The Balaban J connectivity index is 2.12. The van der Waals surface area contributed by atoms with Crippen molar-refractivity contribution in [2.45, 2.75) is 6.92 Å². The van der Waals surface area contributed by atoms with E-state index in [1.807, 2.05) is 48.0 Å². The molecular formula is C21H20NO4+. The number of benzene rings is 2. The molecule has 0 saturated heterocycles. The highest BCUT2D eigenvalue weighted by atomic mass is 16.5. The maximum atomic E-state index is 10.6. The number of phenolic OH excluding ortho intramolecular Hbond substituents is 1. The molecule has 0 bridgehead atoms. The summed E-state index contributed by atoms with van der Waals surface area (Å²) >= 11 is 0. The molecule has 0 aliphatic heterocycles. The molecule has 5 heteroatoms. The van der Waals surface area contributed by atoms with Gasteiger partial charge in [0.1, 0.15) is 0 Å². The van der Waals surface area contributed by atoms with Crippen molar-refractivity contribution < 1.29 is 23.7 Å². The van der Waals surface area contributed by atoms with Crippen molar-refractivity contribution in [3.8, 4) is 23.0 Å². The molecule has 0 aliphatic carbocycles. The number of pyridine rings is 2. The summed E-state index contributed by atoms with van der Waals surface area (Å²) in [6, 6.07) is 10.0. The van der Waals surface area contributed by atoms with Crippen molar-refractivity contribution in [3.05, 3.63) is 48.3 Å². The van der Waals surface area contributed by atoms with Gasteiger partial charge in [0.2, 0.25) is 5.52 Å². The van der Waals surface area contributed by atoms with Gasteiger partial charge in [-0.05, 0) is 41.5 Å². The Morgan fingerprint density at radius 3 is 2.27 bits per heavy atom. The van der Waals surface area contributed by atoms with E-state index >= 15 is 0 Å². The highest BCUT2D eigenvalue weighted by Gasteiger charge is 2.18. The van der Waals surface area contributed by atoms with Gasteiger partial charge < -0.3 is 19.3 Å². The average Bonchev–Trinajstić information content (AvgIpc) is 2.66. The fourth-order valence-electron chi connectivity index (χ4n) is 3.52. The van der Waals surface area contributed by atoms with E-state index in [1.54, 1.807) is 21.3 Å². The van der Waals surface area contributed by atoms with Gasteiger partial charge in [-0.15, -0.1) is 0 Å². The molecule has 2 aromatic heterocycles. The van der Waals surface area contributed by atoms with Crippen molar-refractivity contribution in [1.82, 2.24) is 0 Å². The average molecular weight is 350 g/mol. The number of hydrogen-bond donors (Lipinski definition) is 1. The first-order valence-corrected chi connectivity index (χ1v) is 8.27. The number of aryl methyl sites for hydroxylation is 1. The van der Waals surface area contributed by atoms with Crippen molar-refractivity contribution in [2.75, 3.05) is 21.3 Å². The van der Waals surface area contributed by atoms with Crippen LogP contribution in [-0.2, 0) is 0 Å². The molecule has 4 rings (SSSR count). The second-order valence-corrected chi connectivity index (χ2v) is 6.25. The maximum Gasteiger partial charge on any atom is 0.219 e. The SMILES string of the molecule is COc1cc2cc[n+]3cc4c(O)c(OC)c(C)cc4cc3c2cc1OC. The third-order valence-corrected chi connectivity index (χ3v) is 4.80. The van der Waals surface area contributed by atoms with Crippen LogP contribution in [0.5, 0.6) is 23.0 Å². The molecule has 0 radical (unpaired) electrons. The summed E-state index contributed by atoms with van der Waals surface area (Å²) in [5.41, 5.74) is 1.90. The Hall–Kier alpha value is -3.21. The number of aromatic hydroxyl groups is 1. The minimum absolute atomic E-state index is 0.157. The van der Waals surface area contributed by atoms with Crippen molar-refractivity contribution >= 4 is 27.1 Å². The van der Waals surface area contributed by atoms with Gasteiger partial charge in [0, 0.05) is 12.1 Å². The van der Waals surface area contributed by atoms with E-state index in [2.05, 4.69) is 6.07 Å². The van der Waals surface area contributed by atoms with Gasteiger partial charge >= 0.3 is 0 Å². The lowest BCUT2D eigenvalue weighted by Crippen LogP contribution is -2.20. The summed E-state index contributed by atoms with van der Waals surface area (Å²) in [6.07, 6.45) is 3.88. The van der Waals surface area contributed by atoms with Gasteiger partial charge in [-0.1, -0.05) is 0 Å². The van der Waals surface area contributed by atoms with Crippen molar-refractivity contribution in [2.24, 2.45) is 0 Å². The lowest BCUT2D eigenvalue weighted by molar-refractivity contribution is -0.509. The minimum atomic E-state index is 0.157. The molecule has 0 aliphatic rings. The predicted octanol–water partition coefficient (Wildman–Crippen LogP) is 3.77. The molecule has 0 atom stereocenters. The van der Waals surface area contributed by atoms with E-state index in [0.717, 1.165) is 32.6 Å². The first-order chi connectivity index (χ1) is 12.6. The Labute approximate surface area is 151 Å². The highest BCUT2D eigenvalue weighted by Crippen LogP contribution is 2.38. The summed E-state index contributed by atoms with van der Waals surface area (Å²) in [4.78, 5) is 0. The highest BCUT2D eigenvalue weighted by molar-refractivity contribution is 6.00. The van der Waals surface area contributed by atoms with Crippen LogP contribution in [0.25, 0.3) is 27.1 Å². The van der Waals surface area contributed by atoms with E-state index in [9.17, 15) is 5.11 Å². The number of methoxy groups -OCH3 is 3. The summed E-state index contributed by atoms with van der Waals surface area (Å²) in [7, 11) is 4.83. The first kappa shape index (κ1) is 16.3. The normalized spacial score (nSPS) is 11.2. The van der Waals surface area contributed by atoms with E-state index in [4.69, 9.17) is 14.2 Å². The first-order valence-electron chi connectivity index (χ1n) is 8.27. The van der Waals surface area contributed by atoms with Crippen LogP contribution in [0, 0.1) is 6.92 Å². The van der Waals surface area contributed by atoms with Crippen LogP contribution >= 0.6 is 0 Å². The molecule has 0 spiro atoms. The van der Waals surface area contributed by atoms with Crippen LogP contribution in [0.4, 0.5) is 0 Å².